The number of piperidine rings is 1. The number of hydrogen-bond donors (Lipinski definition) is 3. The summed E-state index contributed by atoms with van der Waals surface area (Å²) in [6, 6.07) is 9.45. The first kappa shape index (κ1) is 26.1. The van der Waals surface area contributed by atoms with E-state index < -0.39 is 12.1 Å². The third kappa shape index (κ3) is 6.23. The number of carboxylic acid groups (broad SMARTS) is 1. The van der Waals surface area contributed by atoms with E-state index in [1.54, 1.807) is 24.6 Å². The highest BCUT2D eigenvalue weighted by Crippen LogP contribution is 2.42. The number of likely N-dealkylation sites (tertiary alicyclic amines) is 1. The van der Waals surface area contributed by atoms with Crippen molar-refractivity contribution in [3.63, 3.8) is 0 Å². The highest BCUT2D eigenvalue weighted by atomic mass is 32.1. The van der Waals surface area contributed by atoms with Crippen molar-refractivity contribution in [2.24, 2.45) is 5.41 Å². The van der Waals surface area contributed by atoms with Gasteiger partial charge in [0.25, 0.3) is 0 Å². The number of benzene rings is 1. The third-order valence-electron chi connectivity index (χ3n) is 7.13. The molecule has 1 saturated heterocycles. The number of carboxylic acids is 1. The molecule has 190 valence electrons. The van der Waals surface area contributed by atoms with Gasteiger partial charge in [-0.2, -0.15) is 0 Å². The summed E-state index contributed by atoms with van der Waals surface area (Å²) in [7, 11) is 1.58. The van der Waals surface area contributed by atoms with Crippen molar-refractivity contribution in [1.29, 1.82) is 0 Å². The predicted molar refractivity (Wildman–Crippen MR) is 140 cm³/mol. The molecule has 0 spiro atoms. The summed E-state index contributed by atoms with van der Waals surface area (Å²) >= 11 is 1.62. The Balaban J connectivity index is 1.47. The Morgan fingerprint density at radius 3 is 2.78 bits per heavy atom. The van der Waals surface area contributed by atoms with E-state index in [0.717, 1.165) is 36.2 Å². The second-order valence-corrected chi connectivity index (χ2v) is 10.4. The number of thiophene rings is 1. The van der Waals surface area contributed by atoms with Gasteiger partial charge in [-0.05, 0) is 79.4 Å². The maximum atomic E-state index is 11.8. The first-order chi connectivity index (χ1) is 17.4. The Hall–Kier alpha value is -2.96. The van der Waals surface area contributed by atoms with E-state index >= 15 is 0 Å². The molecular formula is C28H32N2O5S. The average Bonchev–Trinajstić information content (AvgIpc) is 3.40. The fraction of sp³-hybridized carbons (Fsp3) is 0.429. The van der Waals surface area contributed by atoms with Gasteiger partial charge in [0.2, 0.25) is 0 Å². The first-order valence-electron chi connectivity index (χ1n) is 12.1. The number of nitrogens with zero attached hydrogens (tertiary/aromatic N) is 2. The molecular weight excluding hydrogens is 476 g/mol. The molecule has 1 fully saturated rings. The van der Waals surface area contributed by atoms with Crippen molar-refractivity contribution >= 4 is 28.2 Å². The molecule has 1 aliphatic rings. The van der Waals surface area contributed by atoms with E-state index in [-0.39, 0.29) is 18.4 Å². The number of aromatic nitrogens is 1. The van der Waals surface area contributed by atoms with Crippen molar-refractivity contribution < 1.29 is 24.9 Å². The van der Waals surface area contributed by atoms with Crippen LogP contribution in [0.15, 0.2) is 41.9 Å². The van der Waals surface area contributed by atoms with Gasteiger partial charge in [-0.3, -0.25) is 14.7 Å². The van der Waals surface area contributed by atoms with Gasteiger partial charge in [0.05, 0.1) is 43.2 Å². The van der Waals surface area contributed by atoms with Crippen molar-refractivity contribution in [2.45, 2.75) is 44.8 Å². The van der Waals surface area contributed by atoms with Crippen molar-refractivity contribution in [3.8, 4) is 17.6 Å². The van der Waals surface area contributed by atoms with Gasteiger partial charge >= 0.3 is 5.97 Å². The van der Waals surface area contributed by atoms with E-state index in [2.05, 4.69) is 21.7 Å². The normalized spacial score (nSPS) is 16.3. The van der Waals surface area contributed by atoms with E-state index in [1.807, 2.05) is 35.7 Å². The lowest BCUT2D eigenvalue weighted by Gasteiger charge is -2.41. The Labute approximate surface area is 215 Å². The highest BCUT2D eigenvalue weighted by Gasteiger charge is 2.37. The zero-order chi connectivity index (χ0) is 25.5. The number of rotatable bonds is 9. The molecule has 0 radical (unpaired) electrons. The monoisotopic (exact) mass is 508 g/mol. The highest BCUT2D eigenvalue weighted by molar-refractivity contribution is 7.10. The van der Waals surface area contributed by atoms with Crippen LogP contribution < -0.4 is 4.74 Å². The predicted octanol–water partition coefficient (Wildman–Crippen LogP) is 4.22. The molecule has 0 aliphatic carbocycles. The lowest BCUT2D eigenvalue weighted by molar-refractivity contribution is -0.141. The number of pyridine rings is 1. The molecule has 1 atom stereocenters. The summed E-state index contributed by atoms with van der Waals surface area (Å²) in [6.45, 7) is 1.97. The Morgan fingerprint density at radius 2 is 2.11 bits per heavy atom. The lowest BCUT2D eigenvalue weighted by Crippen LogP contribution is -2.41. The van der Waals surface area contributed by atoms with Crippen LogP contribution in [0, 0.1) is 17.3 Å². The summed E-state index contributed by atoms with van der Waals surface area (Å²) in [4.78, 5) is 19.5. The standard InChI is InChI=1S/C28H32N2O5S/c1-35-21-6-7-24-23(16-21)27(20(19-31)18-29-24)25(32)8-9-28(17-26(33)34)10-13-30(14-11-28)12-2-4-22-5-3-15-36-22/h3,5-7,15-16,18,25,31-32H,8-14,17,19H2,1H3,(H,33,34). The van der Waals surface area contributed by atoms with Gasteiger partial charge in [-0.1, -0.05) is 17.9 Å². The molecule has 0 amide bonds. The maximum Gasteiger partial charge on any atom is 0.303 e. The van der Waals surface area contributed by atoms with Crippen LogP contribution in [-0.2, 0) is 11.4 Å². The zero-order valence-electron chi connectivity index (χ0n) is 20.4. The van der Waals surface area contributed by atoms with Gasteiger partial charge in [-0.15, -0.1) is 11.3 Å². The van der Waals surface area contributed by atoms with Crippen LogP contribution in [0.4, 0.5) is 0 Å². The van der Waals surface area contributed by atoms with Crippen LogP contribution >= 0.6 is 11.3 Å². The summed E-state index contributed by atoms with van der Waals surface area (Å²) < 4.78 is 5.35. The summed E-state index contributed by atoms with van der Waals surface area (Å²) in [6.07, 6.45) is 3.27. The van der Waals surface area contributed by atoms with Gasteiger partial charge < -0.3 is 20.1 Å². The fourth-order valence-electron chi connectivity index (χ4n) is 5.08. The molecule has 8 heteroatoms. The molecule has 1 unspecified atom stereocenters. The SMILES string of the molecule is COc1ccc2ncc(CO)c(C(O)CCC3(CC(=O)O)CCN(CC#Cc4cccs4)CC3)c2c1. The molecule has 2 aromatic heterocycles. The molecule has 36 heavy (non-hydrogen) atoms. The van der Waals surface area contributed by atoms with Gasteiger partial charge in [-0.25, -0.2) is 0 Å². The lowest BCUT2D eigenvalue weighted by atomic mass is 9.71. The van der Waals surface area contributed by atoms with Crippen molar-refractivity contribution in [1.82, 2.24) is 9.88 Å². The molecule has 7 nitrogen and oxygen atoms in total. The molecule has 3 N–H and O–H groups in total. The molecule has 3 heterocycles. The quantitative estimate of drug-likeness (QED) is 0.372. The molecule has 1 aromatic carbocycles. The number of fused-ring (bicyclic) bond motifs is 1. The van der Waals surface area contributed by atoms with E-state index in [9.17, 15) is 20.1 Å². The Morgan fingerprint density at radius 1 is 1.31 bits per heavy atom. The van der Waals surface area contributed by atoms with Crippen LogP contribution in [0.25, 0.3) is 10.9 Å². The maximum absolute atomic E-state index is 11.8. The molecule has 4 rings (SSSR count). The molecule has 0 saturated carbocycles. The number of aliphatic hydroxyl groups is 2. The summed E-state index contributed by atoms with van der Waals surface area (Å²) in [5.74, 6) is 6.24. The fourth-order valence-corrected chi connectivity index (χ4v) is 5.67. The number of carbonyl (C=O) groups is 1. The van der Waals surface area contributed by atoms with Crippen LogP contribution in [0.5, 0.6) is 5.75 Å². The number of aliphatic carboxylic acids is 1. The Kier molecular flexibility index (Phi) is 8.60. The number of hydrogen-bond acceptors (Lipinski definition) is 7. The largest absolute Gasteiger partial charge is 0.497 e. The Bertz CT molecular complexity index is 1230. The van der Waals surface area contributed by atoms with Gasteiger partial charge in [0.15, 0.2) is 0 Å². The topological polar surface area (TPSA) is 103 Å². The number of aliphatic hydroxyl groups excluding tert-OH is 2. The first-order valence-corrected chi connectivity index (χ1v) is 13.0. The van der Waals surface area contributed by atoms with Crippen LogP contribution in [0.2, 0.25) is 0 Å². The third-order valence-corrected chi connectivity index (χ3v) is 7.91. The van der Waals surface area contributed by atoms with Crippen LogP contribution in [-0.4, -0.2) is 57.9 Å². The van der Waals surface area contributed by atoms with E-state index in [1.165, 1.54) is 0 Å². The minimum atomic E-state index is -0.856. The molecule has 3 aromatic rings. The van der Waals surface area contributed by atoms with Gasteiger partial charge in [0.1, 0.15) is 5.75 Å². The van der Waals surface area contributed by atoms with E-state index in [4.69, 9.17) is 4.74 Å². The number of methoxy groups -OCH3 is 1. The summed E-state index contributed by atoms with van der Waals surface area (Å²) in [5.41, 5.74) is 1.52. The molecule has 0 bridgehead atoms. The van der Waals surface area contributed by atoms with Gasteiger partial charge in [0, 0.05) is 17.1 Å². The minimum absolute atomic E-state index is 0.0756. The van der Waals surface area contributed by atoms with Crippen molar-refractivity contribution in [2.75, 3.05) is 26.7 Å². The average molecular weight is 509 g/mol. The summed E-state index contributed by atoms with van der Waals surface area (Å²) in [5, 5.41) is 33.6. The van der Waals surface area contributed by atoms with Crippen LogP contribution in [0.1, 0.15) is 54.2 Å². The smallest absolute Gasteiger partial charge is 0.303 e. The number of ether oxygens (including phenoxy) is 1. The van der Waals surface area contributed by atoms with E-state index in [0.29, 0.717) is 41.8 Å². The van der Waals surface area contributed by atoms with Crippen LogP contribution in [0.3, 0.4) is 0 Å². The zero-order valence-corrected chi connectivity index (χ0v) is 21.3. The molecule has 1 aliphatic heterocycles. The van der Waals surface area contributed by atoms with Crippen molar-refractivity contribution in [3.05, 3.63) is 57.9 Å². The second kappa shape index (κ2) is 11.8. The second-order valence-electron chi connectivity index (χ2n) is 9.42. The minimum Gasteiger partial charge on any atom is -0.497 e.